The summed E-state index contributed by atoms with van der Waals surface area (Å²) in [5.74, 6) is 1.80. The minimum Gasteiger partial charge on any atom is -0.494 e. The Kier molecular flexibility index (Phi) is 4.32. The van der Waals surface area contributed by atoms with E-state index >= 15 is 0 Å². The maximum Gasteiger partial charge on any atom is 0.133 e. The van der Waals surface area contributed by atoms with Gasteiger partial charge in [0, 0.05) is 12.0 Å². The van der Waals surface area contributed by atoms with E-state index in [4.69, 9.17) is 17.0 Å². The van der Waals surface area contributed by atoms with Gasteiger partial charge in [-0.2, -0.15) is 0 Å². The number of H-pyrrole nitrogens is 1. The molecule has 1 N–H and O–H groups in total. The number of nitrogens with zero attached hydrogens (tertiary/aromatic N) is 1. The predicted octanol–water partition coefficient (Wildman–Crippen LogP) is 4.08. The van der Waals surface area contributed by atoms with Gasteiger partial charge in [-0.15, -0.1) is 0 Å². The number of aryl methyl sites for hydroxylation is 1. The molecule has 2 rings (SSSR count). The average molecular weight is 274 g/mol. The zero-order valence-electron chi connectivity index (χ0n) is 11.5. The SMILES string of the molecule is CCOc1ccc(-c2[nH]c(CC)nc(=S)c2C)cc1. The molecule has 0 atom stereocenters. The Bertz CT molecular complexity index is 617. The van der Waals surface area contributed by atoms with Crippen LogP contribution in [0.3, 0.4) is 0 Å². The zero-order chi connectivity index (χ0) is 13.8. The van der Waals surface area contributed by atoms with Crippen LogP contribution < -0.4 is 4.74 Å². The summed E-state index contributed by atoms with van der Waals surface area (Å²) in [6.45, 7) is 6.71. The van der Waals surface area contributed by atoms with Gasteiger partial charge in [0.1, 0.15) is 16.2 Å². The summed E-state index contributed by atoms with van der Waals surface area (Å²) in [6.07, 6.45) is 0.841. The lowest BCUT2D eigenvalue weighted by atomic mass is 10.1. The third-order valence-electron chi connectivity index (χ3n) is 2.99. The van der Waals surface area contributed by atoms with Crippen molar-refractivity contribution in [2.75, 3.05) is 6.61 Å². The summed E-state index contributed by atoms with van der Waals surface area (Å²) < 4.78 is 6.12. The van der Waals surface area contributed by atoms with Gasteiger partial charge in [0.05, 0.1) is 12.3 Å². The van der Waals surface area contributed by atoms with Crippen molar-refractivity contribution in [3.8, 4) is 17.0 Å². The second-order valence-corrected chi connectivity index (χ2v) is 4.69. The van der Waals surface area contributed by atoms with Gasteiger partial charge in [0.15, 0.2) is 0 Å². The lowest BCUT2D eigenvalue weighted by molar-refractivity contribution is 0.340. The number of nitrogens with one attached hydrogen (secondary N) is 1. The Labute approximate surface area is 118 Å². The van der Waals surface area contributed by atoms with Crippen molar-refractivity contribution in [3.63, 3.8) is 0 Å². The predicted molar refractivity (Wildman–Crippen MR) is 80.1 cm³/mol. The van der Waals surface area contributed by atoms with Crippen molar-refractivity contribution in [1.82, 2.24) is 9.97 Å². The molecule has 0 unspecified atom stereocenters. The van der Waals surface area contributed by atoms with Crippen LogP contribution in [0.25, 0.3) is 11.3 Å². The highest BCUT2D eigenvalue weighted by atomic mass is 32.1. The summed E-state index contributed by atoms with van der Waals surface area (Å²) in [5, 5.41) is 0. The van der Waals surface area contributed by atoms with Crippen molar-refractivity contribution < 1.29 is 4.74 Å². The molecule has 0 amide bonds. The molecule has 0 spiro atoms. The smallest absolute Gasteiger partial charge is 0.133 e. The maximum atomic E-state index is 5.45. The van der Waals surface area contributed by atoms with Gasteiger partial charge in [-0.1, -0.05) is 19.1 Å². The summed E-state index contributed by atoms with van der Waals surface area (Å²) in [6, 6.07) is 8.03. The van der Waals surface area contributed by atoms with Gasteiger partial charge in [0.2, 0.25) is 0 Å². The zero-order valence-corrected chi connectivity index (χ0v) is 12.3. The number of aromatic nitrogens is 2. The Morgan fingerprint density at radius 1 is 1.21 bits per heavy atom. The third kappa shape index (κ3) is 3.01. The largest absolute Gasteiger partial charge is 0.494 e. The Morgan fingerprint density at radius 3 is 2.47 bits per heavy atom. The fraction of sp³-hybridized carbons (Fsp3) is 0.333. The molecule has 3 nitrogen and oxygen atoms in total. The third-order valence-corrected chi connectivity index (χ3v) is 3.39. The molecule has 0 saturated carbocycles. The van der Waals surface area contributed by atoms with E-state index in [1.54, 1.807) is 0 Å². The van der Waals surface area contributed by atoms with Crippen LogP contribution >= 0.6 is 12.2 Å². The van der Waals surface area contributed by atoms with E-state index in [1.807, 2.05) is 38.1 Å². The molecule has 1 aromatic carbocycles. The number of ether oxygens (including phenoxy) is 1. The van der Waals surface area contributed by atoms with Gasteiger partial charge in [0.25, 0.3) is 0 Å². The van der Waals surface area contributed by atoms with E-state index in [9.17, 15) is 0 Å². The highest BCUT2D eigenvalue weighted by molar-refractivity contribution is 7.71. The van der Waals surface area contributed by atoms with Crippen LogP contribution in [-0.4, -0.2) is 16.6 Å². The quantitative estimate of drug-likeness (QED) is 0.854. The molecule has 2 aromatic rings. The monoisotopic (exact) mass is 274 g/mol. The van der Waals surface area contributed by atoms with Crippen molar-refractivity contribution in [1.29, 1.82) is 0 Å². The molecule has 0 saturated heterocycles. The Hall–Kier alpha value is -1.68. The van der Waals surface area contributed by atoms with E-state index in [1.165, 1.54) is 0 Å². The number of aromatic amines is 1. The van der Waals surface area contributed by atoms with E-state index < -0.39 is 0 Å². The average Bonchev–Trinajstić information content (AvgIpc) is 2.43. The van der Waals surface area contributed by atoms with E-state index in [-0.39, 0.29) is 0 Å². The normalized spacial score (nSPS) is 10.5. The number of rotatable bonds is 4. The fourth-order valence-electron chi connectivity index (χ4n) is 1.92. The van der Waals surface area contributed by atoms with Crippen molar-refractivity contribution in [3.05, 3.63) is 40.3 Å². The molecule has 4 heteroatoms. The molecular weight excluding hydrogens is 256 g/mol. The van der Waals surface area contributed by atoms with Gasteiger partial charge in [-0.3, -0.25) is 0 Å². The molecule has 0 fully saturated rings. The van der Waals surface area contributed by atoms with E-state index in [0.29, 0.717) is 11.2 Å². The molecule has 19 heavy (non-hydrogen) atoms. The van der Waals surface area contributed by atoms with Crippen molar-refractivity contribution in [2.24, 2.45) is 0 Å². The highest BCUT2D eigenvalue weighted by Crippen LogP contribution is 2.24. The van der Waals surface area contributed by atoms with Gasteiger partial charge in [-0.25, -0.2) is 4.98 Å². The molecular formula is C15H18N2OS. The van der Waals surface area contributed by atoms with Crippen molar-refractivity contribution >= 4 is 12.2 Å². The topological polar surface area (TPSA) is 37.9 Å². The minimum atomic E-state index is 0.666. The van der Waals surface area contributed by atoms with Crippen LogP contribution in [0.15, 0.2) is 24.3 Å². The molecule has 1 aromatic heterocycles. The standard InChI is InChI=1S/C15H18N2OS/c1-4-13-16-14(10(3)15(19)17-13)11-6-8-12(9-7-11)18-5-2/h6-9H,4-5H2,1-3H3,(H,16,17,19). The lowest BCUT2D eigenvalue weighted by Crippen LogP contribution is -1.99. The first-order valence-corrected chi connectivity index (χ1v) is 6.89. The van der Waals surface area contributed by atoms with Crippen molar-refractivity contribution in [2.45, 2.75) is 27.2 Å². The fourth-order valence-corrected chi connectivity index (χ4v) is 2.13. The van der Waals surface area contributed by atoms with Gasteiger partial charge in [-0.05, 0) is 43.7 Å². The molecule has 0 bridgehead atoms. The van der Waals surface area contributed by atoms with Gasteiger partial charge >= 0.3 is 0 Å². The number of benzene rings is 1. The Morgan fingerprint density at radius 2 is 1.89 bits per heavy atom. The van der Waals surface area contributed by atoms with Crippen LogP contribution in [0.4, 0.5) is 0 Å². The van der Waals surface area contributed by atoms with E-state index in [2.05, 4.69) is 16.9 Å². The number of hydrogen-bond donors (Lipinski definition) is 1. The second-order valence-electron chi connectivity index (χ2n) is 4.30. The molecule has 0 aliphatic carbocycles. The first-order valence-electron chi connectivity index (χ1n) is 6.48. The van der Waals surface area contributed by atoms with Crippen LogP contribution in [0.5, 0.6) is 5.75 Å². The Balaban J connectivity index is 2.46. The molecule has 0 aliphatic heterocycles. The van der Waals surface area contributed by atoms with Crippen LogP contribution in [0, 0.1) is 11.6 Å². The lowest BCUT2D eigenvalue weighted by Gasteiger charge is -2.10. The highest BCUT2D eigenvalue weighted by Gasteiger charge is 2.06. The summed E-state index contributed by atoms with van der Waals surface area (Å²) >= 11 is 5.31. The molecule has 100 valence electrons. The molecule has 1 heterocycles. The van der Waals surface area contributed by atoms with Gasteiger partial charge < -0.3 is 9.72 Å². The maximum absolute atomic E-state index is 5.45. The first-order chi connectivity index (χ1) is 9.15. The van der Waals surface area contributed by atoms with Crippen LogP contribution in [0.2, 0.25) is 0 Å². The second kappa shape index (κ2) is 5.97. The summed E-state index contributed by atoms with van der Waals surface area (Å²) in [5.41, 5.74) is 3.15. The number of hydrogen-bond acceptors (Lipinski definition) is 3. The summed E-state index contributed by atoms with van der Waals surface area (Å²) in [4.78, 5) is 7.71. The van der Waals surface area contributed by atoms with E-state index in [0.717, 1.165) is 34.8 Å². The summed E-state index contributed by atoms with van der Waals surface area (Å²) in [7, 11) is 0. The first kappa shape index (κ1) is 13.7. The molecule has 0 aliphatic rings. The van der Waals surface area contributed by atoms with Crippen LogP contribution in [-0.2, 0) is 6.42 Å². The minimum absolute atomic E-state index is 0.666. The molecule has 0 radical (unpaired) electrons. The van der Waals surface area contributed by atoms with Crippen LogP contribution in [0.1, 0.15) is 25.2 Å².